The summed E-state index contributed by atoms with van der Waals surface area (Å²) in [5.41, 5.74) is 1.15. The van der Waals surface area contributed by atoms with Crippen molar-refractivity contribution in [3.63, 3.8) is 0 Å². The molecule has 1 unspecified atom stereocenters. The third kappa shape index (κ3) is 2.39. The van der Waals surface area contributed by atoms with E-state index in [-0.39, 0.29) is 29.0 Å². The van der Waals surface area contributed by atoms with E-state index in [2.05, 4.69) is 19.9 Å². The van der Waals surface area contributed by atoms with Crippen molar-refractivity contribution in [2.24, 2.45) is 28.6 Å². The highest BCUT2D eigenvalue weighted by atomic mass is 16.3. The Hall–Kier alpha value is -1.16. The average Bonchev–Trinajstić information content (AvgIpc) is 2.99. The summed E-state index contributed by atoms with van der Waals surface area (Å²) in [6.07, 6.45) is 8.04. The molecule has 0 bridgehead atoms. The van der Waals surface area contributed by atoms with Crippen LogP contribution in [0.4, 0.5) is 0 Å². The second kappa shape index (κ2) is 6.17. The maximum Gasteiger partial charge on any atom is 0.111 e. The molecule has 5 rings (SSSR count). The SMILES string of the molecule is C[C@]12CC[C@H]3[C@H]([C@@H]1CC[C@@H]2O)C(O)(c1ccccc1)C=C1C[C@@H](O)CC[C@@]13C. The first-order valence-electron chi connectivity index (χ1n) is 11.2. The molecule has 0 radical (unpaired) electrons. The fraction of sp³-hybridized carbons (Fsp3) is 0.680. The summed E-state index contributed by atoms with van der Waals surface area (Å²) in [6.45, 7) is 4.63. The van der Waals surface area contributed by atoms with E-state index in [0.29, 0.717) is 18.3 Å². The van der Waals surface area contributed by atoms with Gasteiger partial charge in [-0.25, -0.2) is 0 Å². The summed E-state index contributed by atoms with van der Waals surface area (Å²) in [4.78, 5) is 0. The quantitative estimate of drug-likeness (QED) is 0.639. The van der Waals surface area contributed by atoms with Crippen molar-refractivity contribution in [3.8, 4) is 0 Å². The highest BCUT2D eigenvalue weighted by molar-refractivity contribution is 5.38. The fourth-order valence-corrected chi connectivity index (χ4v) is 7.65. The van der Waals surface area contributed by atoms with E-state index in [1.54, 1.807) is 0 Å². The lowest BCUT2D eigenvalue weighted by Crippen LogP contribution is -2.58. The van der Waals surface area contributed by atoms with Crippen molar-refractivity contribution in [1.82, 2.24) is 0 Å². The molecule has 4 aliphatic carbocycles. The molecule has 4 aliphatic rings. The second-order valence-corrected chi connectivity index (χ2v) is 10.6. The number of aliphatic hydroxyl groups is 3. The van der Waals surface area contributed by atoms with Crippen molar-refractivity contribution in [2.75, 3.05) is 0 Å². The molecular formula is C25H34O3. The maximum atomic E-state index is 12.3. The number of fused-ring (bicyclic) bond motifs is 5. The zero-order valence-corrected chi connectivity index (χ0v) is 17.1. The Balaban J connectivity index is 1.70. The fourth-order valence-electron chi connectivity index (χ4n) is 7.65. The molecule has 3 saturated carbocycles. The maximum absolute atomic E-state index is 12.3. The van der Waals surface area contributed by atoms with Crippen molar-refractivity contribution in [1.29, 1.82) is 0 Å². The normalized spacial score (nSPS) is 50.3. The third-order valence-corrected chi connectivity index (χ3v) is 9.36. The molecule has 0 saturated heterocycles. The van der Waals surface area contributed by atoms with Crippen LogP contribution < -0.4 is 0 Å². The smallest absolute Gasteiger partial charge is 0.111 e. The minimum absolute atomic E-state index is 0.0553. The van der Waals surface area contributed by atoms with Crippen LogP contribution >= 0.6 is 0 Å². The first kappa shape index (κ1) is 18.8. The van der Waals surface area contributed by atoms with Crippen LogP contribution in [-0.4, -0.2) is 27.5 Å². The molecule has 0 aromatic heterocycles. The second-order valence-electron chi connectivity index (χ2n) is 10.6. The molecule has 0 spiro atoms. The number of aliphatic hydroxyl groups excluding tert-OH is 2. The molecule has 0 aliphatic heterocycles. The highest BCUT2D eigenvalue weighted by Crippen LogP contribution is 2.68. The van der Waals surface area contributed by atoms with Gasteiger partial charge in [-0.15, -0.1) is 0 Å². The van der Waals surface area contributed by atoms with E-state index in [0.717, 1.165) is 44.1 Å². The summed E-state index contributed by atoms with van der Waals surface area (Å²) < 4.78 is 0. The lowest BCUT2D eigenvalue weighted by atomic mass is 9.44. The Labute approximate surface area is 168 Å². The third-order valence-electron chi connectivity index (χ3n) is 9.36. The number of rotatable bonds is 1. The van der Waals surface area contributed by atoms with Crippen LogP contribution in [0.3, 0.4) is 0 Å². The van der Waals surface area contributed by atoms with Gasteiger partial charge in [-0.05, 0) is 79.3 Å². The van der Waals surface area contributed by atoms with Gasteiger partial charge >= 0.3 is 0 Å². The Bertz CT molecular complexity index is 788. The predicted molar refractivity (Wildman–Crippen MR) is 109 cm³/mol. The van der Waals surface area contributed by atoms with Crippen LogP contribution in [0.15, 0.2) is 42.0 Å². The summed E-state index contributed by atoms with van der Waals surface area (Å²) in [7, 11) is 0. The van der Waals surface area contributed by atoms with Crippen molar-refractivity contribution in [2.45, 2.75) is 76.6 Å². The topological polar surface area (TPSA) is 60.7 Å². The minimum atomic E-state index is -1.02. The van der Waals surface area contributed by atoms with Gasteiger partial charge in [0, 0.05) is 5.92 Å². The van der Waals surface area contributed by atoms with E-state index in [4.69, 9.17) is 0 Å². The Morgan fingerprint density at radius 1 is 0.893 bits per heavy atom. The van der Waals surface area contributed by atoms with Crippen LogP contribution in [0.25, 0.3) is 0 Å². The van der Waals surface area contributed by atoms with Crippen LogP contribution in [-0.2, 0) is 5.60 Å². The lowest BCUT2D eigenvalue weighted by molar-refractivity contribution is -0.148. The summed E-state index contributed by atoms with van der Waals surface area (Å²) in [6, 6.07) is 10.1. The van der Waals surface area contributed by atoms with E-state index in [9.17, 15) is 15.3 Å². The number of benzene rings is 1. The first-order valence-corrected chi connectivity index (χ1v) is 11.2. The summed E-state index contributed by atoms with van der Waals surface area (Å²) >= 11 is 0. The van der Waals surface area contributed by atoms with Gasteiger partial charge in [0.2, 0.25) is 0 Å². The summed E-state index contributed by atoms with van der Waals surface area (Å²) in [5.74, 6) is 0.844. The standard InChI is InChI=1S/C25H34O3/c1-23-12-10-18(26)14-17(23)15-25(28,16-6-4-3-5-7-16)22-19-8-9-21(27)24(19,2)13-11-20(22)23/h3-7,15,18-22,26-28H,8-14H2,1-2H3/t18-,19-,20-,21-,22-,23-,24-,25?/m0/s1. The molecule has 1 aromatic carbocycles. The molecule has 8 atom stereocenters. The van der Waals surface area contributed by atoms with Gasteiger partial charge in [0.1, 0.15) is 5.60 Å². The molecule has 0 heterocycles. The van der Waals surface area contributed by atoms with Gasteiger partial charge < -0.3 is 15.3 Å². The van der Waals surface area contributed by atoms with Crippen LogP contribution in [0.5, 0.6) is 0 Å². The van der Waals surface area contributed by atoms with Gasteiger partial charge in [0.25, 0.3) is 0 Å². The highest BCUT2D eigenvalue weighted by Gasteiger charge is 2.64. The average molecular weight is 383 g/mol. The Morgan fingerprint density at radius 2 is 1.64 bits per heavy atom. The van der Waals surface area contributed by atoms with E-state index in [1.165, 1.54) is 5.57 Å². The van der Waals surface area contributed by atoms with Crippen LogP contribution in [0.2, 0.25) is 0 Å². The van der Waals surface area contributed by atoms with Gasteiger partial charge in [0.15, 0.2) is 0 Å². The molecule has 152 valence electrons. The summed E-state index contributed by atoms with van der Waals surface area (Å²) in [5, 5.41) is 33.5. The van der Waals surface area contributed by atoms with Crippen molar-refractivity contribution >= 4 is 0 Å². The molecule has 28 heavy (non-hydrogen) atoms. The molecule has 1 aromatic rings. The molecule has 3 N–H and O–H groups in total. The molecule has 0 amide bonds. The Morgan fingerprint density at radius 3 is 2.39 bits per heavy atom. The van der Waals surface area contributed by atoms with E-state index < -0.39 is 5.60 Å². The van der Waals surface area contributed by atoms with Crippen molar-refractivity contribution in [3.05, 3.63) is 47.5 Å². The monoisotopic (exact) mass is 382 g/mol. The van der Waals surface area contributed by atoms with Crippen LogP contribution in [0.1, 0.15) is 64.4 Å². The zero-order valence-electron chi connectivity index (χ0n) is 17.1. The largest absolute Gasteiger partial charge is 0.393 e. The minimum Gasteiger partial charge on any atom is -0.393 e. The molecule has 3 nitrogen and oxygen atoms in total. The number of hydrogen-bond acceptors (Lipinski definition) is 3. The Kier molecular flexibility index (Phi) is 4.15. The van der Waals surface area contributed by atoms with Gasteiger partial charge in [-0.1, -0.05) is 49.8 Å². The van der Waals surface area contributed by atoms with Gasteiger partial charge in [0.05, 0.1) is 12.2 Å². The van der Waals surface area contributed by atoms with Crippen molar-refractivity contribution < 1.29 is 15.3 Å². The predicted octanol–water partition coefficient (Wildman–Crippen LogP) is 4.17. The van der Waals surface area contributed by atoms with Crippen LogP contribution in [0, 0.1) is 28.6 Å². The lowest BCUT2D eigenvalue weighted by Gasteiger charge is -2.62. The van der Waals surface area contributed by atoms with Gasteiger partial charge in [-0.3, -0.25) is 0 Å². The number of hydrogen-bond donors (Lipinski definition) is 3. The molecule has 3 fully saturated rings. The van der Waals surface area contributed by atoms with Gasteiger partial charge in [-0.2, -0.15) is 0 Å². The van der Waals surface area contributed by atoms with E-state index >= 15 is 0 Å². The molecule has 3 heteroatoms. The zero-order chi connectivity index (χ0) is 19.7. The molecular weight excluding hydrogens is 348 g/mol. The first-order chi connectivity index (χ1) is 13.3. The van der Waals surface area contributed by atoms with E-state index in [1.807, 2.05) is 30.3 Å².